The molecular weight excluding hydrogens is 571 g/mol. The second kappa shape index (κ2) is 11.9. The molecule has 1 saturated heterocycles. The second-order valence-corrected chi connectivity index (χ2v) is 12.1. The van der Waals surface area contributed by atoms with Crippen LogP contribution < -0.4 is 10.2 Å². The van der Waals surface area contributed by atoms with Crippen molar-refractivity contribution in [2.45, 2.75) is 51.0 Å². The molecule has 5 rings (SSSR count). The summed E-state index contributed by atoms with van der Waals surface area (Å²) in [4.78, 5) is 57.1. The number of anilines is 1. The lowest BCUT2D eigenvalue weighted by Gasteiger charge is -2.58. The predicted molar refractivity (Wildman–Crippen MR) is 152 cm³/mol. The van der Waals surface area contributed by atoms with E-state index in [1.807, 2.05) is 17.0 Å². The summed E-state index contributed by atoms with van der Waals surface area (Å²) in [5, 5.41) is 13.2. The molecule has 12 heteroatoms. The molecule has 1 aromatic heterocycles. The van der Waals surface area contributed by atoms with E-state index >= 15 is 0 Å². The molecular formula is C29H32Cl2N4O6. The summed E-state index contributed by atoms with van der Waals surface area (Å²) in [6, 6.07) is 8.07. The first-order valence-corrected chi connectivity index (χ1v) is 14.4. The number of carbonyl (C=O) groups is 4. The number of amides is 3. The first-order chi connectivity index (χ1) is 19.6. The van der Waals surface area contributed by atoms with Crippen molar-refractivity contribution in [1.82, 2.24) is 15.2 Å². The zero-order chi connectivity index (χ0) is 29.3. The minimum atomic E-state index is -1.02. The van der Waals surface area contributed by atoms with E-state index in [1.54, 1.807) is 18.2 Å². The number of hydrogen-bond donors (Lipinski definition) is 2. The Labute approximate surface area is 247 Å². The molecule has 10 nitrogen and oxygen atoms in total. The number of aromatic nitrogens is 1. The van der Waals surface area contributed by atoms with E-state index in [9.17, 15) is 24.3 Å². The zero-order valence-electron chi connectivity index (χ0n) is 22.7. The van der Waals surface area contributed by atoms with Crippen molar-refractivity contribution >= 4 is 52.9 Å². The fourth-order valence-electron chi connectivity index (χ4n) is 6.13. The van der Waals surface area contributed by atoms with Gasteiger partial charge in [-0.15, -0.1) is 0 Å². The maximum Gasteiger partial charge on any atom is 0.413 e. The van der Waals surface area contributed by atoms with E-state index in [0.29, 0.717) is 66.0 Å². The Morgan fingerprint density at radius 3 is 2.51 bits per heavy atom. The molecule has 1 aliphatic carbocycles. The Morgan fingerprint density at radius 2 is 1.85 bits per heavy atom. The SMILES string of the molecule is COC(=O)CC(NC(=O)C1CC2(C1)CN(C(=O)CCc1ccc3c(n1)N(C(=O)O)CCC3)C2)c1cc(Cl)cc(Cl)c1. The average molecular weight is 604 g/mol. The van der Waals surface area contributed by atoms with Gasteiger partial charge in [-0.2, -0.15) is 0 Å². The van der Waals surface area contributed by atoms with E-state index in [0.717, 1.165) is 18.4 Å². The van der Waals surface area contributed by atoms with Crippen LogP contribution in [0.4, 0.5) is 10.6 Å². The third-order valence-corrected chi connectivity index (χ3v) is 8.70. The zero-order valence-corrected chi connectivity index (χ0v) is 24.2. The highest BCUT2D eigenvalue weighted by Gasteiger charge is 2.55. The van der Waals surface area contributed by atoms with Gasteiger partial charge >= 0.3 is 12.1 Å². The van der Waals surface area contributed by atoms with Gasteiger partial charge in [-0.05, 0) is 67.5 Å². The molecule has 2 N–H and O–H groups in total. The number of ether oxygens (including phenoxy) is 1. The molecule has 3 aliphatic rings. The van der Waals surface area contributed by atoms with Crippen molar-refractivity contribution in [3.8, 4) is 0 Å². The molecule has 1 aromatic carbocycles. The minimum Gasteiger partial charge on any atom is -0.469 e. The number of likely N-dealkylation sites (tertiary alicyclic amines) is 1. The van der Waals surface area contributed by atoms with E-state index in [-0.39, 0.29) is 36.0 Å². The van der Waals surface area contributed by atoms with Gasteiger partial charge in [0.25, 0.3) is 0 Å². The monoisotopic (exact) mass is 602 g/mol. The summed E-state index contributed by atoms with van der Waals surface area (Å²) < 4.78 is 4.80. The van der Waals surface area contributed by atoms with Gasteiger partial charge in [-0.25, -0.2) is 9.78 Å². The van der Waals surface area contributed by atoms with E-state index < -0.39 is 18.1 Å². The molecule has 1 unspecified atom stereocenters. The number of carbonyl (C=O) groups excluding carboxylic acids is 3. The van der Waals surface area contributed by atoms with E-state index in [1.165, 1.54) is 12.0 Å². The molecule has 3 amide bonds. The standard InChI is InChI=1S/C29H32Cl2N4O6/c1-41-25(37)12-23(18-9-20(30)11-21(31)10-18)33-27(38)19-13-29(14-19)15-34(16-29)24(36)7-6-22-5-4-17-3-2-8-35(28(39)40)26(17)32-22/h4-5,9-11,19,23H,2-3,6-8,12-16H2,1H3,(H,33,38)(H,39,40). The lowest BCUT2D eigenvalue weighted by Crippen LogP contribution is -2.65. The van der Waals surface area contributed by atoms with Crippen LogP contribution in [0.25, 0.3) is 0 Å². The van der Waals surface area contributed by atoms with Crippen LogP contribution in [0.15, 0.2) is 30.3 Å². The number of hydrogen-bond acceptors (Lipinski definition) is 6. The fourth-order valence-corrected chi connectivity index (χ4v) is 6.68. The van der Waals surface area contributed by atoms with Crippen LogP contribution in [0.1, 0.15) is 55.0 Å². The Bertz CT molecular complexity index is 1350. The summed E-state index contributed by atoms with van der Waals surface area (Å²) in [5.41, 5.74) is 2.18. The van der Waals surface area contributed by atoms with Crippen LogP contribution in [0.5, 0.6) is 0 Å². The van der Waals surface area contributed by atoms with E-state index in [2.05, 4.69) is 10.3 Å². The molecule has 218 valence electrons. The largest absolute Gasteiger partial charge is 0.469 e. The van der Waals surface area contributed by atoms with Gasteiger partial charge in [0.05, 0.1) is 19.6 Å². The number of halogens is 2. The Balaban J connectivity index is 1.11. The van der Waals surface area contributed by atoms with Crippen molar-refractivity contribution in [3.05, 3.63) is 57.2 Å². The van der Waals surface area contributed by atoms with Gasteiger partial charge < -0.3 is 20.1 Å². The van der Waals surface area contributed by atoms with Gasteiger partial charge in [-0.3, -0.25) is 19.3 Å². The number of nitrogens with one attached hydrogen (secondary N) is 1. The number of rotatable bonds is 8. The number of benzene rings is 1. The first kappa shape index (κ1) is 29.1. The molecule has 1 atom stereocenters. The number of fused-ring (bicyclic) bond motifs is 1. The van der Waals surface area contributed by atoms with Gasteiger partial charge in [-0.1, -0.05) is 29.3 Å². The van der Waals surface area contributed by atoms with Crippen LogP contribution in [0.3, 0.4) is 0 Å². The topological polar surface area (TPSA) is 129 Å². The summed E-state index contributed by atoms with van der Waals surface area (Å²) in [5.74, 6) is -0.329. The number of methoxy groups -OCH3 is 1. The fraction of sp³-hybridized carbons (Fsp3) is 0.483. The molecule has 1 spiro atoms. The summed E-state index contributed by atoms with van der Waals surface area (Å²) in [6.07, 6.45) is 2.55. The van der Waals surface area contributed by atoms with Crippen molar-refractivity contribution in [3.63, 3.8) is 0 Å². The van der Waals surface area contributed by atoms with Crippen molar-refractivity contribution in [1.29, 1.82) is 0 Å². The van der Waals surface area contributed by atoms with Crippen molar-refractivity contribution in [2.75, 3.05) is 31.6 Å². The highest BCUT2D eigenvalue weighted by molar-refractivity contribution is 6.34. The van der Waals surface area contributed by atoms with Gasteiger partial charge in [0.1, 0.15) is 5.82 Å². The molecule has 41 heavy (non-hydrogen) atoms. The van der Waals surface area contributed by atoms with E-state index in [4.69, 9.17) is 27.9 Å². The number of esters is 1. The molecule has 0 radical (unpaired) electrons. The van der Waals surface area contributed by atoms with Crippen LogP contribution in [0, 0.1) is 11.3 Å². The Morgan fingerprint density at radius 1 is 1.15 bits per heavy atom. The number of carboxylic acid groups (broad SMARTS) is 1. The van der Waals surface area contributed by atoms with Crippen LogP contribution in [-0.2, 0) is 32.0 Å². The highest BCUT2D eigenvalue weighted by Crippen LogP contribution is 2.52. The molecule has 2 aliphatic heterocycles. The summed E-state index contributed by atoms with van der Waals surface area (Å²) in [6.45, 7) is 1.64. The van der Waals surface area contributed by atoms with Gasteiger partial charge in [0, 0.05) is 53.1 Å². The lowest BCUT2D eigenvalue weighted by atomic mass is 9.57. The highest BCUT2D eigenvalue weighted by atomic mass is 35.5. The number of pyridine rings is 1. The summed E-state index contributed by atoms with van der Waals surface area (Å²) in [7, 11) is 1.29. The second-order valence-electron chi connectivity index (χ2n) is 11.2. The quantitative estimate of drug-likeness (QED) is 0.428. The lowest BCUT2D eigenvalue weighted by molar-refractivity contribution is -0.160. The molecule has 3 heterocycles. The minimum absolute atomic E-state index is 0.0223. The Hall–Kier alpha value is -3.37. The number of nitrogens with zero attached hydrogens (tertiary/aromatic N) is 3. The smallest absolute Gasteiger partial charge is 0.413 e. The molecule has 2 fully saturated rings. The molecule has 2 aromatic rings. The Kier molecular flexibility index (Phi) is 8.42. The number of aryl methyl sites for hydroxylation is 2. The van der Waals surface area contributed by atoms with Crippen molar-refractivity contribution in [2.24, 2.45) is 11.3 Å². The van der Waals surface area contributed by atoms with Crippen molar-refractivity contribution < 1.29 is 29.0 Å². The average Bonchev–Trinajstić information content (AvgIpc) is 2.88. The third-order valence-electron chi connectivity index (χ3n) is 8.26. The van der Waals surface area contributed by atoms with Crippen LogP contribution in [0.2, 0.25) is 10.0 Å². The van der Waals surface area contributed by atoms with Crippen LogP contribution in [-0.4, -0.2) is 65.6 Å². The predicted octanol–water partition coefficient (Wildman–Crippen LogP) is 4.41. The van der Waals surface area contributed by atoms with Crippen LogP contribution >= 0.6 is 23.2 Å². The molecule has 0 bridgehead atoms. The maximum atomic E-state index is 13.1. The van der Waals surface area contributed by atoms with Gasteiger partial charge in [0.15, 0.2) is 0 Å². The third kappa shape index (κ3) is 6.43. The molecule has 1 saturated carbocycles. The first-order valence-electron chi connectivity index (χ1n) is 13.7. The maximum absolute atomic E-state index is 13.1. The van der Waals surface area contributed by atoms with Gasteiger partial charge in [0.2, 0.25) is 11.8 Å². The normalized spacial score (nSPS) is 18.1. The summed E-state index contributed by atoms with van der Waals surface area (Å²) >= 11 is 12.3.